The van der Waals surface area contributed by atoms with Crippen LogP contribution in [0.1, 0.15) is 26.2 Å². The number of amides is 2. The minimum absolute atomic E-state index is 0.0265. The molecule has 1 aliphatic carbocycles. The van der Waals surface area contributed by atoms with Gasteiger partial charge in [-0.2, -0.15) is 0 Å². The van der Waals surface area contributed by atoms with Crippen molar-refractivity contribution in [2.75, 3.05) is 19.8 Å². The fourth-order valence-corrected chi connectivity index (χ4v) is 1.98. The van der Waals surface area contributed by atoms with Crippen molar-refractivity contribution in [3.8, 4) is 0 Å². The number of carbonyl (C=O) groups excluding carboxylic acids is 2. The fourth-order valence-electron chi connectivity index (χ4n) is 1.98. The van der Waals surface area contributed by atoms with Gasteiger partial charge in [-0.1, -0.05) is 0 Å². The molecule has 2 amide bonds. The van der Waals surface area contributed by atoms with Gasteiger partial charge in [-0.25, -0.2) is 0 Å². The lowest BCUT2D eigenvalue weighted by Crippen LogP contribution is -2.40. The van der Waals surface area contributed by atoms with Crippen LogP contribution in [-0.2, 0) is 14.3 Å². The van der Waals surface area contributed by atoms with E-state index in [0.29, 0.717) is 26.2 Å². The second kappa shape index (κ2) is 4.93. The third-order valence-corrected chi connectivity index (χ3v) is 2.94. The Morgan fingerprint density at radius 3 is 2.81 bits per heavy atom. The Hall–Kier alpha value is -0.940. The van der Waals surface area contributed by atoms with Gasteiger partial charge in [-0.05, 0) is 19.8 Å². The summed E-state index contributed by atoms with van der Waals surface area (Å²) in [6.45, 7) is 3.81. The molecule has 0 aromatic rings. The number of likely N-dealkylation sites (tertiary alicyclic amines) is 1. The Bertz CT molecular complexity index is 289. The van der Waals surface area contributed by atoms with Crippen molar-refractivity contribution in [3.05, 3.63) is 0 Å². The van der Waals surface area contributed by atoms with Gasteiger partial charge in [0.25, 0.3) is 0 Å². The van der Waals surface area contributed by atoms with Gasteiger partial charge >= 0.3 is 0 Å². The molecule has 1 N–H and O–H groups in total. The molecular weight excluding hydrogens is 208 g/mol. The summed E-state index contributed by atoms with van der Waals surface area (Å²) in [7, 11) is 0. The highest BCUT2D eigenvalue weighted by atomic mass is 16.5. The van der Waals surface area contributed by atoms with E-state index in [4.69, 9.17) is 4.74 Å². The van der Waals surface area contributed by atoms with Gasteiger partial charge in [0.15, 0.2) is 0 Å². The summed E-state index contributed by atoms with van der Waals surface area (Å²) < 4.78 is 5.17. The number of ether oxygens (including phenoxy) is 1. The van der Waals surface area contributed by atoms with Crippen molar-refractivity contribution < 1.29 is 14.3 Å². The molecule has 90 valence electrons. The Morgan fingerprint density at radius 2 is 2.19 bits per heavy atom. The number of carbonyl (C=O) groups is 2. The first kappa shape index (κ1) is 11.5. The van der Waals surface area contributed by atoms with Crippen LogP contribution in [0.15, 0.2) is 0 Å². The Morgan fingerprint density at radius 1 is 1.44 bits per heavy atom. The summed E-state index contributed by atoms with van der Waals surface area (Å²) in [5.74, 6) is -0.0783. The smallest absolute Gasteiger partial charge is 0.247 e. The van der Waals surface area contributed by atoms with Crippen LogP contribution >= 0.6 is 0 Å². The van der Waals surface area contributed by atoms with Crippen LogP contribution < -0.4 is 5.32 Å². The Labute approximate surface area is 95.1 Å². The molecule has 1 saturated heterocycles. The predicted molar refractivity (Wildman–Crippen MR) is 57.8 cm³/mol. The summed E-state index contributed by atoms with van der Waals surface area (Å²) >= 11 is 0. The first-order chi connectivity index (χ1) is 7.74. The van der Waals surface area contributed by atoms with E-state index in [9.17, 15) is 9.59 Å². The van der Waals surface area contributed by atoms with E-state index in [0.717, 1.165) is 12.8 Å². The van der Waals surface area contributed by atoms with Crippen molar-refractivity contribution in [2.45, 2.75) is 38.3 Å². The number of nitrogens with zero attached hydrogens (tertiary/aromatic N) is 1. The van der Waals surface area contributed by atoms with Gasteiger partial charge in [0.1, 0.15) is 0 Å². The Kier molecular flexibility index (Phi) is 3.56. The third-order valence-electron chi connectivity index (χ3n) is 2.94. The zero-order chi connectivity index (χ0) is 11.5. The number of nitrogens with one attached hydrogen (secondary N) is 1. The van der Waals surface area contributed by atoms with Gasteiger partial charge in [0.05, 0.1) is 19.1 Å². The van der Waals surface area contributed by atoms with Crippen molar-refractivity contribution in [1.29, 1.82) is 0 Å². The highest BCUT2D eigenvalue weighted by molar-refractivity contribution is 6.06. The van der Waals surface area contributed by atoms with Crippen molar-refractivity contribution in [1.82, 2.24) is 10.2 Å². The molecule has 2 rings (SSSR count). The molecule has 5 heteroatoms. The zero-order valence-corrected chi connectivity index (χ0v) is 9.57. The monoisotopic (exact) mass is 226 g/mol. The number of hydrogen-bond acceptors (Lipinski definition) is 4. The van der Waals surface area contributed by atoms with E-state index in [-0.39, 0.29) is 23.9 Å². The summed E-state index contributed by atoms with van der Waals surface area (Å²) in [5.41, 5.74) is 0. The molecule has 5 nitrogen and oxygen atoms in total. The molecule has 0 spiro atoms. The number of rotatable bonds is 6. The second-order valence-electron chi connectivity index (χ2n) is 4.24. The molecule has 2 aliphatic rings. The maximum atomic E-state index is 11.9. The van der Waals surface area contributed by atoms with Gasteiger partial charge in [-0.15, -0.1) is 0 Å². The summed E-state index contributed by atoms with van der Waals surface area (Å²) in [6.07, 6.45) is 2.26. The predicted octanol–water partition coefficient (Wildman–Crippen LogP) is -0.0976. The van der Waals surface area contributed by atoms with Crippen LogP contribution in [0.4, 0.5) is 0 Å². The average molecular weight is 226 g/mol. The third kappa shape index (κ3) is 2.41. The minimum Gasteiger partial charge on any atom is -0.380 e. The summed E-state index contributed by atoms with van der Waals surface area (Å²) in [4.78, 5) is 24.9. The first-order valence-electron chi connectivity index (χ1n) is 5.91. The molecule has 16 heavy (non-hydrogen) atoms. The molecule has 1 atom stereocenters. The van der Waals surface area contributed by atoms with Gasteiger partial charge in [0, 0.05) is 19.2 Å². The van der Waals surface area contributed by atoms with Crippen LogP contribution in [0.5, 0.6) is 0 Å². The zero-order valence-electron chi connectivity index (χ0n) is 9.57. The fraction of sp³-hybridized carbons (Fsp3) is 0.818. The molecule has 1 unspecified atom stereocenters. The number of imide groups is 1. The lowest BCUT2D eigenvalue weighted by Gasteiger charge is -2.14. The quantitative estimate of drug-likeness (QED) is 0.507. The van der Waals surface area contributed by atoms with E-state index in [1.807, 2.05) is 6.92 Å². The van der Waals surface area contributed by atoms with Gasteiger partial charge in [0.2, 0.25) is 11.8 Å². The molecule has 2 fully saturated rings. The largest absolute Gasteiger partial charge is 0.380 e. The number of hydrogen-bond donors (Lipinski definition) is 1. The minimum atomic E-state index is -0.325. The van der Waals surface area contributed by atoms with E-state index in [1.165, 1.54) is 4.90 Å². The average Bonchev–Trinajstić information content (AvgIpc) is 3.03. The van der Waals surface area contributed by atoms with Gasteiger partial charge in [-0.3, -0.25) is 14.5 Å². The lowest BCUT2D eigenvalue weighted by molar-refractivity contribution is -0.139. The van der Waals surface area contributed by atoms with E-state index >= 15 is 0 Å². The van der Waals surface area contributed by atoms with E-state index in [1.54, 1.807) is 0 Å². The van der Waals surface area contributed by atoms with Crippen LogP contribution in [0.25, 0.3) is 0 Å². The normalized spacial score (nSPS) is 25.6. The van der Waals surface area contributed by atoms with Crippen molar-refractivity contribution in [3.63, 3.8) is 0 Å². The molecule has 0 aromatic heterocycles. The first-order valence-corrected chi connectivity index (χ1v) is 5.91. The summed E-state index contributed by atoms with van der Waals surface area (Å²) in [5, 5.41) is 3.07. The molecule has 0 radical (unpaired) electrons. The van der Waals surface area contributed by atoms with Crippen LogP contribution in [0.2, 0.25) is 0 Å². The molecule has 1 aliphatic heterocycles. The van der Waals surface area contributed by atoms with Crippen LogP contribution in [0, 0.1) is 0 Å². The van der Waals surface area contributed by atoms with Crippen LogP contribution in [-0.4, -0.2) is 48.6 Å². The Balaban J connectivity index is 1.78. The second-order valence-corrected chi connectivity index (χ2v) is 4.24. The molecule has 0 bridgehead atoms. The summed E-state index contributed by atoms with van der Waals surface area (Å²) in [6, 6.07) is -0.132. The highest BCUT2D eigenvalue weighted by Crippen LogP contribution is 2.31. The standard InChI is InChI=1S/C11H18N2O3/c1-2-16-6-5-12-9-7-10(14)13(11(9)15)8-3-4-8/h8-9,12H,2-7H2,1H3. The van der Waals surface area contributed by atoms with Crippen molar-refractivity contribution in [2.24, 2.45) is 0 Å². The van der Waals surface area contributed by atoms with E-state index in [2.05, 4.69) is 5.32 Å². The maximum absolute atomic E-state index is 11.9. The van der Waals surface area contributed by atoms with E-state index < -0.39 is 0 Å². The topological polar surface area (TPSA) is 58.6 Å². The van der Waals surface area contributed by atoms with Gasteiger partial charge < -0.3 is 10.1 Å². The van der Waals surface area contributed by atoms with Crippen molar-refractivity contribution >= 4 is 11.8 Å². The highest BCUT2D eigenvalue weighted by Gasteiger charge is 2.45. The lowest BCUT2D eigenvalue weighted by atomic mass is 10.2. The molecular formula is C11H18N2O3. The molecule has 0 aromatic carbocycles. The molecule has 1 saturated carbocycles. The maximum Gasteiger partial charge on any atom is 0.247 e. The van der Waals surface area contributed by atoms with Crippen LogP contribution in [0.3, 0.4) is 0 Å². The molecule has 1 heterocycles. The SMILES string of the molecule is CCOCCNC1CC(=O)N(C2CC2)C1=O.